The van der Waals surface area contributed by atoms with Gasteiger partial charge in [-0.05, 0) is 31.4 Å². The molecule has 8 nitrogen and oxygen atoms in total. The van der Waals surface area contributed by atoms with E-state index in [1.165, 1.54) is 29.2 Å². The van der Waals surface area contributed by atoms with Crippen LogP contribution in [0.25, 0.3) is 0 Å². The van der Waals surface area contributed by atoms with Crippen LogP contribution in [0.1, 0.15) is 19.3 Å². The molecule has 0 radical (unpaired) electrons. The zero-order valence-corrected chi connectivity index (χ0v) is 11.9. The van der Waals surface area contributed by atoms with Gasteiger partial charge >= 0.3 is 0 Å². The Kier molecular flexibility index (Phi) is 4.92. The molecule has 1 saturated heterocycles. The molecule has 1 aromatic carbocycles. The Morgan fingerprint density at radius 3 is 2.59 bits per heavy atom. The largest absolute Gasteiger partial charge is 0.484 e. The molecule has 1 aromatic rings. The molecule has 0 unspecified atom stereocenters. The zero-order chi connectivity index (χ0) is 16.1. The van der Waals surface area contributed by atoms with Crippen molar-refractivity contribution in [1.82, 2.24) is 4.90 Å². The molecule has 118 valence electrons. The molecule has 8 heteroatoms. The monoisotopic (exact) mass is 307 g/mol. The first-order valence-corrected chi connectivity index (χ1v) is 6.95. The number of likely N-dealkylation sites (tertiary alicyclic amines) is 1. The van der Waals surface area contributed by atoms with E-state index in [4.69, 9.17) is 10.5 Å². The molecule has 2 amide bonds. The third kappa shape index (κ3) is 3.72. The van der Waals surface area contributed by atoms with Crippen LogP contribution in [0.2, 0.25) is 0 Å². The quantitative estimate of drug-likeness (QED) is 0.639. The second-order valence-corrected chi connectivity index (χ2v) is 5.04. The van der Waals surface area contributed by atoms with Crippen molar-refractivity contribution in [2.24, 2.45) is 5.73 Å². The lowest BCUT2D eigenvalue weighted by molar-refractivity contribution is -0.384. The number of hydrogen-bond acceptors (Lipinski definition) is 5. The van der Waals surface area contributed by atoms with Crippen LogP contribution in [-0.2, 0) is 9.59 Å². The Hall–Kier alpha value is -2.64. The number of carbonyl (C=O) groups excluding carboxylic acids is 2. The Morgan fingerprint density at radius 1 is 1.32 bits per heavy atom. The molecule has 1 heterocycles. The summed E-state index contributed by atoms with van der Waals surface area (Å²) in [5.74, 6) is -0.475. The van der Waals surface area contributed by atoms with E-state index < -0.39 is 16.9 Å². The highest BCUT2D eigenvalue weighted by atomic mass is 16.6. The molecule has 0 bridgehead atoms. The summed E-state index contributed by atoms with van der Waals surface area (Å²) < 4.78 is 5.32. The third-order valence-corrected chi connectivity index (χ3v) is 3.56. The SMILES string of the molecule is NC(=O)[C@@H]1CCCCN1C(=O)COc1ccc([N+](=O)[O-])cc1. The summed E-state index contributed by atoms with van der Waals surface area (Å²) in [5.41, 5.74) is 5.26. The van der Waals surface area contributed by atoms with Crippen LogP contribution in [0, 0.1) is 10.1 Å². The van der Waals surface area contributed by atoms with Crippen LogP contribution in [-0.4, -0.2) is 40.8 Å². The number of nitro groups is 1. The van der Waals surface area contributed by atoms with Gasteiger partial charge in [0.1, 0.15) is 11.8 Å². The van der Waals surface area contributed by atoms with Crippen molar-refractivity contribution in [2.75, 3.05) is 13.2 Å². The van der Waals surface area contributed by atoms with Crippen LogP contribution in [0.3, 0.4) is 0 Å². The van der Waals surface area contributed by atoms with E-state index >= 15 is 0 Å². The number of piperidine rings is 1. The maximum Gasteiger partial charge on any atom is 0.269 e. The summed E-state index contributed by atoms with van der Waals surface area (Å²) in [7, 11) is 0. The van der Waals surface area contributed by atoms with E-state index in [0.29, 0.717) is 18.7 Å². The lowest BCUT2D eigenvalue weighted by Crippen LogP contribution is -2.51. The summed E-state index contributed by atoms with van der Waals surface area (Å²) >= 11 is 0. The minimum absolute atomic E-state index is 0.0523. The molecule has 2 N–H and O–H groups in total. The molecule has 1 aliphatic heterocycles. The average Bonchev–Trinajstić information content (AvgIpc) is 2.53. The Balaban J connectivity index is 1.93. The van der Waals surface area contributed by atoms with Gasteiger partial charge in [0.15, 0.2) is 6.61 Å². The highest BCUT2D eigenvalue weighted by molar-refractivity contribution is 5.87. The second-order valence-electron chi connectivity index (χ2n) is 5.04. The first-order chi connectivity index (χ1) is 10.5. The van der Waals surface area contributed by atoms with Gasteiger partial charge in [0, 0.05) is 18.7 Å². The Morgan fingerprint density at radius 2 is 2.00 bits per heavy atom. The fraction of sp³-hybridized carbons (Fsp3) is 0.429. The third-order valence-electron chi connectivity index (χ3n) is 3.56. The Labute approximate surface area is 127 Å². The molecule has 0 spiro atoms. The van der Waals surface area contributed by atoms with Crippen molar-refractivity contribution in [1.29, 1.82) is 0 Å². The molecule has 1 fully saturated rings. The van der Waals surface area contributed by atoms with Crippen molar-refractivity contribution < 1.29 is 19.2 Å². The molecule has 1 aliphatic rings. The van der Waals surface area contributed by atoms with E-state index in [0.717, 1.165) is 12.8 Å². The highest BCUT2D eigenvalue weighted by Crippen LogP contribution is 2.19. The van der Waals surface area contributed by atoms with Gasteiger partial charge in [-0.25, -0.2) is 0 Å². The molecular formula is C14H17N3O5. The maximum atomic E-state index is 12.1. The smallest absolute Gasteiger partial charge is 0.269 e. The molecule has 0 aliphatic carbocycles. The van der Waals surface area contributed by atoms with Crippen LogP contribution >= 0.6 is 0 Å². The van der Waals surface area contributed by atoms with Crippen molar-refractivity contribution in [3.05, 3.63) is 34.4 Å². The van der Waals surface area contributed by atoms with Crippen molar-refractivity contribution in [3.63, 3.8) is 0 Å². The van der Waals surface area contributed by atoms with Crippen LogP contribution in [0.5, 0.6) is 5.75 Å². The van der Waals surface area contributed by atoms with Gasteiger partial charge in [0.25, 0.3) is 11.6 Å². The Bertz CT molecular complexity index is 572. The van der Waals surface area contributed by atoms with Gasteiger partial charge in [-0.3, -0.25) is 19.7 Å². The lowest BCUT2D eigenvalue weighted by atomic mass is 10.0. The number of rotatable bonds is 5. The minimum atomic E-state index is -0.582. The molecule has 2 rings (SSSR count). The highest BCUT2D eigenvalue weighted by Gasteiger charge is 2.30. The zero-order valence-electron chi connectivity index (χ0n) is 11.9. The first kappa shape index (κ1) is 15.7. The fourth-order valence-corrected chi connectivity index (χ4v) is 2.42. The van der Waals surface area contributed by atoms with E-state index in [1.807, 2.05) is 0 Å². The number of ether oxygens (including phenoxy) is 1. The number of primary amides is 1. The molecule has 1 atom stereocenters. The number of hydrogen-bond donors (Lipinski definition) is 1. The van der Waals surface area contributed by atoms with Crippen molar-refractivity contribution >= 4 is 17.5 Å². The number of carbonyl (C=O) groups is 2. The first-order valence-electron chi connectivity index (χ1n) is 6.95. The fourth-order valence-electron chi connectivity index (χ4n) is 2.42. The number of amides is 2. The summed E-state index contributed by atoms with van der Waals surface area (Å²) in [5, 5.41) is 10.5. The number of non-ortho nitro benzene ring substituents is 1. The summed E-state index contributed by atoms with van der Waals surface area (Å²) in [6.45, 7) is 0.248. The van der Waals surface area contributed by atoms with Gasteiger partial charge in [0.2, 0.25) is 5.91 Å². The minimum Gasteiger partial charge on any atom is -0.484 e. The van der Waals surface area contributed by atoms with E-state index in [-0.39, 0.29) is 18.2 Å². The predicted molar refractivity (Wildman–Crippen MR) is 77.1 cm³/mol. The normalized spacial score (nSPS) is 17.8. The van der Waals surface area contributed by atoms with Crippen molar-refractivity contribution in [2.45, 2.75) is 25.3 Å². The van der Waals surface area contributed by atoms with Crippen LogP contribution in [0.15, 0.2) is 24.3 Å². The number of nitrogens with zero attached hydrogens (tertiary/aromatic N) is 2. The predicted octanol–water partition coefficient (Wildman–Crippen LogP) is 0.840. The molecule has 22 heavy (non-hydrogen) atoms. The second kappa shape index (κ2) is 6.88. The van der Waals surface area contributed by atoms with Crippen LogP contribution in [0.4, 0.5) is 5.69 Å². The maximum absolute atomic E-state index is 12.1. The molecule has 0 saturated carbocycles. The summed E-state index contributed by atoms with van der Waals surface area (Å²) in [4.78, 5) is 35.0. The van der Waals surface area contributed by atoms with E-state index in [2.05, 4.69) is 0 Å². The topological polar surface area (TPSA) is 116 Å². The number of benzene rings is 1. The van der Waals surface area contributed by atoms with Gasteiger partial charge in [-0.2, -0.15) is 0 Å². The van der Waals surface area contributed by atoms with Gasteiger partial charge in [0.05, 0.1) is 4.92 Å². The number of nitrogens with two attached hydrogens (primary N) is 1. The molecular weight excluding hydrogens is 290 g/mol. The van der Waals surface area contributed by atoms with Gasteiger partial charge < -0.3 is 15.4 Å². The lowest BCUT2D eigenvalue weighted by Gasteiger charge is -2.33. The summed E-state index contributed by atoms with van der Waals surface area (Å²) in [6.07, 6.45) is 2.26. The van der Waals surface area contributed by atoms with E-state index in [9.17, 15) is 19.7 Å². The van der Waals surface area contributed by atoms with Gasteiger partial charge in [-0.1, -0.05) is 0 Å². The van der Waals surface area contributed by atoms with Crippen LogP contribution < -0.4 is 10.5 Å². The number of nitro benzene ring substituents is 1. The average molecular weight is 307 g/mol. The van der Waals surface area contributed by atoms with Crippen molar-refractivity contribution in [3.8, 4) is 5.75 Å². The summed E-state index contributed by atoms with van der Waals surface area (Å²) in [6, 6.07) is 4.86. The molecule has 0 aromatic heterocycles. The standard InChI is InChI=1S/C14H17N3O5/c15-14(19)12-3-1-2-8-16(12)13(18)9-22-11-6-4-10(5-7-11)17(20)21/h4-7,12H,1-3,8-9H2,(H2,15,19)/t12-/m0/s1. The van der Waals surface area contributed by atoms with E-state index in [1.54, 1.807) is 0 Å². The van der Waals surface area contributed by atoms with Gasteiger partial charge in [-0.15, -0.1) is 0 Å².